The standard InChI is InChI=1S/C14H14F2N2O4/c1-22-12(19)7-11-13(20)17-4-5-18(11)14(21)9-3-2-8(15)6-10(9)16/h2-3,6,11H,4-5,7H2,1H3,(H,17,20). The Bertz CT molecular complexity index is 621. The van der Waals surface area contributed by atoms with Crippen LogP contribution in [0.3, 0.4) is 0 Å². The lowest BCUT2D eigenvalue weighted by molar-refractivity contribution is -0.145. The maximum absolute atomic E-state index is 13.7. The molecule has 1 aromatic carbocycles. The SMILES string of the molecule is COC(=O)CC1C(=O)NCCN1C(=O)c1ccc(F)cc1F. The van der Waals surface area contributed by atoms with Crippen LogP contribution in [-0.4, -0.2) is 48.9 Å². The summed E-state index contributed by atoms with van der Waals surface area (Å²) in [4.78, 5) is 36.7. The molecule has 1 heterocycles. The molecule has 22 heavy (non-hydrogen) atoms. The van der Waals surface area contributed by atoms with Gasteiger partial charge in [-0.3, -0.25) is 14.4 Å². The van der Waals surface area contributed by atoms with E-state index in [9.17, 15) is 23.2 Å². The lowest BCUT2D eigenvalue weighted by atomic mass is 10.1. The van der Waals surface area contributed by atoms with Crippen molar-refractivity contribution < 1.29 is 27.9 Å². The maximum Gasteiger partial charge on any atom is 0.308 e. The zero-order valence-corrected chi connectivity index (χ0v) is 11.8. The van der Waals surface area contributed by atoms with Crippen LogP contribution in [0.5, 0.6) is 0 Å². The molecule has 1 N–H and O–H groups in total. The fourth-order valence-corrected chi connectivity index (χ4v) is 2.22. The highest BCUT2D eigenvalue weighted by atomic mass is 19.1. The lowest BCUT2D eigenvalue weighted by Gasteiger charge is -2.34. The number of hydrogen-bond acceptors (Lipinski definition) is 4. The molecule has 1 fully saturated rings. The Balaban J connectivity index is 2.28. The molecular formula is C14H14F2N2O4. The second-order valence-electron chi connectivity index (χ2n) is 4.71. The van der Waals surface area contributed by atoms with Crippen LogP contribution in [0.15, 0.2) is 18.2 Å². The number of nitrogens with one attached hydrogen (secondary N) is 1. The van der Waals surface area contributed by atoms with Gasteiger partial charge < -0.3 is 15.0 Å². The Morgan fingerprint density at radius 3 is 2.77 bits per heavy atom. The number of amides is 2. The summed E-state index contributed by atoms with van der Waals surface area (Å²) in [6.07, 6.45) is -0.336. The number of carbonyl (C=O) groups is 3. The van der Waals surface area contributed by atoms with Crippen LogP contribution in [0, 0.1) is 11.6 Å². The molecule has 2 rings (SSSR count). The van der Waals surface area contributed by atoms with Gasteiger partial charge in [0.1, 0.15) is 17.7 Å². The minimum absolute atomic E-state index is 0.114. The molecule has 0 radical (unpaired) electrons. The molecule has 0 bridgehead atoms. The molecule has 0 spiro atoms. The summed E-state index contributed by atoms with van der Waals surface area (Å²) < 4.78 is 31.1. The summed E-state index contributed by atoms with van der Waals surface area (Å²) in [6, 6.07) is 1.47. The highest BCUT2D eigenvalue weighted by molar-refractivity contribution is 5.99. The zero-order valence-electron chi connectivity index (χ0n) is 11.8. The predicted molar refractivity (Wildman–Crippen MR) is 70.8 cm³/mol. The van der Waals surface area contributed by atoms with Gasteiger partial charge >= 0.3 is 5.97 Å². The number of rotatable bonds is 3. The van der Waals surface area contributed by atoms with E-state index in [1.54, 1.807) is 0 Å². The minimum Gasteiger partial charge on any atom is -0.469 e. The Morgan fingerprint density at radius 1 is 1.41 bits per heavy atom. The van der Waals surface area contributed by atoms with Crippen molar-refractivity contribution in [1.82, 2.24) is 10.2 Å². The number of carbonyl (C=O) groups excluding carboxylic acids is 3. The molecule has 1 atom stereocenters. The van der Waals surface area contributed by atoms with Gasteiger partial charge in [0.25, 0.3) is 5.91 Å². The van der Waals surface area contributed by atoms with Crippen molar-refractivity contribution in [3.63, 3.8) is 0 Å². The summed E-state index contributed by atoms with van der Waals surface area (Å²) in [5.41, 5.74) is -0.356. The van der Waals surface area contributed by atoms with Crippen LogP contribution in [0.2, 0.25) is 0 Å². The number of hydrogen-bond donors (Lipinski definition) is 1. The highest BCUT2D eigenvalue weighted by Crippen LogP contribution is 2.17. The van der Waals surface area contributed by atoms with Crippen LogP contribution in [0.25, 0.3) is 0 Å². The van der Waals surface area contributed by atoms with E-state index in [0.717, 1.165) is 24.1 Å². The second kappa shape index (κ2) is 6.50. The summed E-state index contributed by atoms with van der Waals surface area (Å²) in [5.74, 6) is -3.79. The minimum atomic E-state index is -1.09. The van der Waals surface area contributed by atoms with Crippen molar-refractivity contribution in [2.45, 2.75) is 12.5 Å². The van der Waals surface area contributed by atoms with E-state index < -0.39 is 35.5 Å². The van der Waals surface area contributed by atoms with Crippen molar-refractivity contribution >= 4 is 17.8 Å². The number of methoxy groups -OCH3 is 1. The topological polar surface area (TPSA) is 75.7 Å². The number of nitrogens with zero attached hydrogens (tertiary/aromatic N) is 1. The van der Waals surface area contributed by atoms with Crippen molar-refractivity contribution in [3.05, 3.63) is 35.4 Å². The molecule has 1 aromatic rings. The molecule has 0 aromatic heterocycles. The van der Waals surface area contributed by atoms with Gasteiger partial charge in [-0.25, -0.2) is 8.78 Å². The summed E-state index contributed by atoms with van der Waals surface area (Å²) >= 11 is 0. The van der Waals surface area contributed by atoms with Gasteiger partial charge in [0.05, 0.1) is 19.1 Å². The predicted octanol–water partition coefficient (Wildman–Crippen LogP) is 0.469. The van der Waals surface area contributed by atoms with Crippen molar-refractivity contribution in [3.8, 4) is 0 Å². The van der Waals surface area contributed by atoms with E-state index in [1.165, 1.54) is 0 Å². The van der Waals surface area contributed by atoms with Gasteiger partial charge in [0.2, 0.25) is 5.91 Å². The first-order chi connectivity index (χ1) is 10.4. The zero-order chi connectivity index (χ0) is 16.3. The number of piperazine rings is 1. The summed E-state index contributed by atoms with van der Waals surface area (Å²) in [5, 5.41) is 2.53. The van der Waals surface area contributed by atoms with E-state index in [0.29, 0.717) is 6.07 Å². The van der Waals surface area contributed by atoms with E-state index in [1.807, 2.05) is 0 Å². The number of halogens is 2. The van der Waals surface area contributed by atoms with Gasteiger partial charge in [0, 0.05) is 19.2 Å². The molecule has 1 saturated heterocycles. The fraction of sp³-hybridized carbons (Fsp3) is 0.357. The molecule has 1 aliphatic heterocycles. The third-order valence-electron chi connectivity index (χ3n) is 3.34. The van der Waals surface area contributed by atoms with Gasteiger partial charge in [-0.1, -0.05) is 0 Å². The third kappa shape index (κ3) is 3.21. The van der Waals surface area contributed by atoms with Crippen LogP contribution in [0.1, 0.15) is 16.8 Å². The summed E-state index contributed by atoms with van der Waals surface area (Å²) in [6.45, 7) is 0.300. The fourth-order valence-electron chi connectivity index (χ4n) is 2.22. The van der Waals surface area contributed by atoms with Gasteiger partial charge in [-0.2, -0.15) is 0 Å². The van der Waals surface area contributed by atoms with E-state index in [4.69, 9.17) is 0 Å². The first-order valence-corrected chi connectivity index (χ1v) is 6.54. The van der Waals surface area contributed by atoms with Crippen molar-refractivity contribution in [2.24, 2.45) is 0 Å². The summed E-state index contributed by atoms with van der Waals surface area (Å²) in [7, 11) is 1.16. The Hall–Kier alpha value is -2.51. The first kappa shape index (κ1) is 15.9. The number of esters is 1. The molecule has 1 aliphatic rings. The van der Waals surface area contributed by atoms with Crippen LogP contribution < -0.4 is 5.32 Å². The quantitative estimate of drug-likeness (QED) is 0.823. The van der Waals surface area contributed by atoms with Crippen LogP contribution in [-0.2, 0) is 14.3 Å². The van der Waals surface area contributed by atoms with Gasteiger partial charge in [-0.15, -0.1) is 0 Å². The Labute approximate surface area is 125 Å². The van der Waals surface area contributed by atoms with Gasteiger partial charge in [0.15, 0.2) is 0 Å². The molecule has 0 aliphatic carbocycles. The second-order valence-corrected chi connectivity index (χ2v) is 4.71. The van der Waals surface area contributed by atoms with E-state index >= 15 is 0 Å². The molecule has 118 valence electrons. The third-order valence-corrected chi connectivity index (χ3v) is 3.34. The monoisotopic (exact) mass is 312 g/mol. The molecule has 1 unspecified atom stereocenters. The van der Waals surface area contributed by atoms with Crippen molar-refractivity contribution in [1.29, 1.82) is 0 Å². The normalized spacial score (nSPS) is 17.9. The first-order valence-electron chi connectivity index (χ1n) is 6.54. The smallest absolute Gasteiger partial charge is 0.308 e. The molecule has 0 saturated carbocycles. The van der Waals surface area contributed by atoms with Crippen LogP contribution >= 0.6 is 0 Å². The van der Waals surface area contributed by atoms with Gasteiger partial charge in [-0.05, 0) is 12.1 Å². The number of benzene rings is 1. The average molecular weight is 312 g/mol. The van der Waals surface area contributed by atoms with Crippen LogP contribution in [0.4, 0.5) is 8.78 Å². The maximum atomic E-state index is 13.7. The van der Waals surface area contributed by atoms with E-state index in [-0.39, 0.29) is 25.1 Å². The largest absolute Gasteiger partial charge is 0.469 e. The van der Waals surface area contributed by atoms with E-state index in [2.05, 4.69) is 10.1 Å². The Kier molecular flexibility index (Phi) is 4.69. The molecule has 6 nitrogen and oxygen atoms in total. The Morgan fingerprint density at radius 2 is 2.14 bits per heavy atom. The molecular weight excluding hydrogens is 298 g/mol. The number of ether oxygens (including phenoxy) is 1. The lowest BCUT2D eigenvalue weighted by Crippen LogP contribution is -2.58. The molecule has 8 heteroatoms. The van der Waals surface area contributed by atoms with Crippen molar-refractivity contribution in [2.75, 3.05) is 20.2 Å². The average Bonchev–Trinajstić information content (AvgIpc) is 2.48. The highest BCUT2D eigenvalue weighted by Gasteiger charge is 2.36. The molecule has 2 amide bonds.